The lowest BCUT2D eigenvalue weighted by Gasteiger charge is -2.39. The van der Waals surface area contributed by atoms with Gasteiger partial charge in [0.05, 0.1) is 13.7 Å². The van der Waals surface area contributed by atoms with E-state index in [0.29, 0.717) is 5.56 Å². The lowest BCUT2D eigenvalue weighted by molar-refractivity contribution is -0.278. The predicted molar refractivity (Wildman–Crippen MR) is 188 cm³/mol. The van der Waals surface area contributed by atoms with Crippen LogP contribution in [0.4, 0.5) is 0 Å². The predicted octanol–water partition coefficient (Wildman–Crippen LogP) is -0.793. The third-order valence-corrected chi connectivity index (χ3v) is 9.05. The Bertz CT molecular complexity index is 2110. The Kier molecular flexibility index (Phi) is 12.0. The van der Waals surface area contributed by atoms with Crippen molar-refractivity contribution in [2.24, 2.45) is 0 Å². The minimum atomic E-state index is -2.01. The number of carbonyl (C=O) groups excluding carboxylic acids is 1. The average molecular weight is 787 g/mol. The molecule has 6 rings (SSSR count). The molecule has 300 valence electrons. The zero-order chi connectivity index (χ0) is 40.4. The number of phenolic OH excluding ortho intramolecular Hbond substituents is 3. The number of esters is 1. The van der Waals surface area contributed by atoms with Crippen LogP contribution in [0.1, 0.15) is 5.56 Å². The van der Waals surface area contributed by atoms with Crippen LogP contribution in [0, 0.1) is 0 Å². The summed E-state index contributed by atoms with van der Waals surface area (Å²) < 4.78 is 38.9. The lowest BCUT2D eigenvalue weighted by Crippen LogP contribution is -2.60. The Labute approximate surface area is 315 Å². The molecule has 3 heterocycles. The summed E-state index contributed by atoms with van der Waals surface area (Å²) >= 11 is 0. The zero-order valence-electron chi connectivity index (χ0n) is 29.2. The van der Waals surface area contributed by atoms with Crippen LogP contribution in [0.5, 0.6) is 34.5 Å². The Hall–Kier alpha value is -5.48. The molecule has 0 unspecified atom stereocenters. The summed E-state index contributed by atoms with van der Waals surface area (Å²) in [6.45, 7) is -1.40. The first kappa shape index (κ1) is 40.2. The highest BCUT2D eigenvalue weighted by molar-refractivity contribution is 5.89. The van der Waals surface area contributed by atoms with Crippen molar-refractivity contribution in [3.8, 4) is 45.8 Å². The number of fused-ring (bicyclic) bond motifs is 1. The highest BCUT2D eigenvalue weighted by atomic mass is 16.7. The van der Waals surface area contributed by atoms with Crippen LogP contribution >= 0.6 is 0 Å². The van der Waals surface area contributed by atoms with E-state index in [1.54, 1.807) is 0 Å². The molecule has 0 amide bonds. The van der Waals surface area contributed by atoms with Crippen LogP contribution in [0.25, 0.3) is 28.4 Å². The lowest BCUT2D eigenvalue weighted by atomic mass is 9.99. The number of methoxy groups -OCH3 is 1. The van der Waals surface area contributed by atoms with Crippen LogP contribution in [0.3, 0.4) is 0 Å². The first-order chi connectivity index (χ1) is 26.7. The van der Waals surface area contributed by atoms with Gasteiger partial charge in [0.15, 0.2) is 17.3 Å². The molecule has 0 bridgehead atoms. The molecule has 0 radical (unpaired) electrons. The van der Waals surface area contributed by atoms with Gasteiger partial charge < -0.3 is 83.9 Å². The van der Waals surface area contributed by atoms with E-state index in [4.69, 9.17) is 32.8 Å². The van der Waals surface area contributed by atoms with Gasteiger partial charge in [-0.3, -0.25) is 4.79 Å². The van der Waals surface area contributed by atoms with Crippen molar-refractivity contribution in [3.05, 3.63) is 76.5 Å². The molecule has 3 aromatic carbocycles. The molecule has 56 heavy (non-hydrogen) atoms. The number of hydrogen-bond donors (Lipinski definition) is 10. The van der Waals surface area contributed by atoms with E-state index in [-0.39, 0.29) is 34.1 Å². The molecular formula is C37H38O19. The van der Waals surface area contributed by atoms with Gasteiger partial charge in [-0.25, -0.2) is 4.79 Å². The highest BCUT2D eigenvalue weighted by Gasteiger charge is 2.47. The molecule has 2 aliphatic rings. The maximum atomic E-state index is 14.1. The van der Waals surface area contributed by atoms with Gasteiger partial charge in [0, 0.05) is 23.8 Å². The number of benzene rings is 3. The van der Waals surface area contributed by atoms with E-state index in [0.717, 1.165) is 18.2 Å². The first-order valence-electron chi connectivity index (χ1n) is 16.9. The molecule has 2 saturated heterocycles. The smallest absolute Gasteiger partial charge is 0.330 e. The Morgan fingerprint density at radius 1 is 0.768 bits per heavy atom. The summed E-state index contributed by atoms with van der Waals surface area (Å²) in [7, 11) is 1.25. The number of phenols is 3. The monoisotopic (exact) mass is 786 g/mol. The molecule has 0 spiro atoms. The van der Waals surface area contributed by atoms with Gasteiger partial charge in [-0.1, -0.05) is 12.1 Å². The number of ether oxygens (including phenoxy) is 6. The maximum absolute atomic E-state index is 14.1. The normalized spacial score (nSPS) is 27.9. The molecule has 4 aromatic rings. The van der Waals surface area contributed by atoms with E-state index in [1.807, 2.05) is 0 Å². The van der Waals surface area contributed by atoms with E-state index in [2.05, 4.69) is 0 Å². The van der Waals surface area contributed by atoms with Crippen molar-refractivity contribution >= 4 is 23.0 Å². The number of aromatic hydroxyl groups is 3. The minimum Gasteiger partial charge on any atom is -0.508 e. The van der Waals surface area contributed by atoms with Crippen molar-refractivity contribution < 1.29 is 88.7 Å². The fraction of sp³-hybridized carbons (Fsp3) is 0.351. The Balaban J connectivity index is 1.32. The molecular weight excluding hydrogens is 748 g/mol. The van der Waals surface area contributed by atoms with Gasteiger partial charge in [0.1, 0.15) is 83.7 Å². The van der Waals surface area contributed by atoms with E-state index in [9.17, 15) is 60.7 Å². The van der Waals surface area contributed by atoms with Crippen molar-refractivity contribution in [2.45, 2.75) is 61.4 Å². The van der Waals surface area contributed by atoms with Crippen LogP contribution in [0.15, 0.2) is 69.9 Å². The summed E-state index contributed by atoms with van der Waals surface area (Å²) in [6, 6.07) is 11.7. The number of aliphatic hydroxyl groups is 7. The van der Waals surface area contributed by atoms with E-state index < -0.39 is 109 Å². The second-order valence-corrected chi connectivity index (χ2v) is 12.8. The van der Waals surface area contributed by atoms with E-state index >= 15 is 0 Å². The molecule has 2 fully saturated rings. The largest absolute Gasteiger partial charge is 0.508 e. The molecule has 19 nitrogen and oxygen atoms in total. The molecule has 0 saturated carbocycles. The highest BCUT2D eigenvalue weighted by Crippen LogP contribution is 2.40. The minimum absolute atomic E-state index is 0.0210. The summed E-state index contributed by atoms with van der Waals surface area (Å²) in [5.41, 5.74) is -0.829. The third-order valence-electron chi connectivity index (χ3n) is 9.05. The SMILES string of the molecule is COc1cc(-c2oc3cc(O[C@@H]4O[C@H](CO)[C@@H](O)[C@H](O)[C@H]4O)cc(O)c3c(=O)c2O[C@@H]2O[C@H](COC(=O)C=Cc3ccc(O)cc3)[C@@H](O)[C@H](O)[C@H]2O)ccc1O. The third kappa shape index (κ3) is 8.21. The van der Waals surface area contributed by atoms with Crippen molar-refractivity contribution in [2.75, 3.05) is 20.3 Å². The second kappa shape index (κ2) is 16.7. The topological polar surface area (TPSA) is 305 Å². The van der Waals surface area contributed by atoms with Gasteiger partial charge in [-0.15, -0.1) is 0 Å². The number of rotatable bonds is 11. The number of aliphatic hydroxyl groups excluding tert-OH is 7. The summed E-state index contributed by atoms with van der Waals surface area (Å²) in [5.74, 6) is -3.37. The average Bonchev–Trinajstić information content (AvgIpc) is 3.18. The summed E-state index contributed by atoms with van der Waals surface area (Å²) in [6.07, 6.45) is -15.0. The molecule has 1 aromatic heterocycles. The van der Waals surface area contributed by atoms with Gasteiger partial charge in [-0.2, -0.15) is 0 Å². The van der Waals surface area contributed by atoms with Crippen LogP contribution in [-0.2, 0) is 19.0 Å². The van der Waals surface area contributed by atoms with Crippen LogP contribution < -0.4 is 19.6 Å². The molecule has 0 aliphatic carbocycles. The standard InChI is InChI=1S/C37H38O19/c1-50-21-10-16(5-8-19(21)40)34-35(29(45)26-20(41)11-18(12-22(26)53-34)52-36-32(48)30(46)27(43)23(13-38)54-36)56-37-33(49)31(47)28(44)24(55-37)14-51-25(42)9-4-15-2-6-17(39)7-3-15/h2-12,23-24,27-28,30-33,36-41,43-44,46-49H,13-14H2,1H3/t23-,24-,27-,28-,30+,31+,32-,33-,36-,37+/m1/s1. The van der Waals surface area contributed by atoms with Crippen molar-refractivity contribution in [1.29, 1.82) is 0 Å². The first-order valence-corrected chi connectivity index (χ1v) is 16.9. The number of carbonyl (C=O) groups is 1. The molecule has 19 heteroatoms. The summed E-state index contributed by atoms with van der Waals surface area (Å²) in [4.78, 5) is 26.6. The molecule has 2 aliphatic heterocycles. The fourth-order valence-electron chi connectivity index (χ4n) is 5.97. The van der Waals surface area contributed by atoms with Crippen LogP contribution in [-0.4, -0.2) is 139 Å². The zero-order valence-corrected chi connectivity index (χ0v) is 29.2. The van der Waals surface area contributed by atoms with Gasteiger partial charge in [-0.05, 0) is 42.0 Å². The maximum Gasteiger partial charge on any atom is 0.330 e. The molecule has 10 N–H and O–H groups in total. The van der Waals surface area contributed by atoms with Crippen LogP contribution in [0.2, 0.25) is 0 Å². The van der Waals surface area contributed by atoms with E-state index in [1.165, 1.54) is 55.7 Å². The van der Waals surface area contributed by atoms with Gasteiger partial charge in [0.2, 0.25) is 23.8 Å². The van der Waals surface area contributed by atoms with Crippen molar-refractivity contribution in [1.82, 2.24) is 0 Å². The second-order valence-electron chi connectivity index (χ2n) is 12.8. The quantitative estimate of drug-likeness (QED) is 0.0658. The molecule has 10 atom stereocenters. The number of hydrogen-bond acceptors (Lipinski definition) is 19. The Morgan fingerprint density at radius 2 is 1.41 bits per heavy atom. The van der Waals surface area contributed by atoms with Crippen molar-refractivity contribution in [3.63, 3.8) is 0 Å². The van der Waals surface area contributed by atoms with Gasteiger partial charge in [0.25, 0.3) is 0 Å². The summed E-state index contributed by atoms with van der Waals surface area (Å²) in [5, 5.41) is 103. The fourth-order valence-corrected chi connectivity index (χ4v) is 5.97. The van der Waals surface area contributed by atoms with Gasteiger partial charge >= 0.3 is 5.97 Å². The Morgan fingerprint density at radius 3 is 2.07 bits per heavy atom.